The lowest BCUT2D eigenvalue weighted by Crippen LogP contribution is -2.39. The van der Waals surface area contributed by atoms with Gasteiger partial charge in [0.1, 0.15) is 0 Å². The fourth-order valence-corrected chi connectivity index (χ4v) is 1.86. The molecule has 0 unspecified atom stereocenters. The normalized spacial score (nSPS) is 33.9. The van der Waals surface area contributed by atoms with Gasteiger partial charge in [0.2, 0.25) is 0 Å². The molecule has 1 aliphatic rings. The first-order valence-electron chi connectivity index (χ1n) is 5.02. The van der Waals surface area contributed by atoms with Gasteiger partial charge in [0.25, 0.3) is 0 Å². The number of hydrogen-bond donors (Lipinski definition) is 4. The Morgan fingerprint density at radius 2 is 1.86 bits per heavy atom. The van der Waals surface area contributed by atoms with Crippen molar-refractivity contribution in [3.05, 3.63) is 0 Å². The fourth-order valence-electron chi connectivity index (χ4n) is 1.86. The molecule has 0 aromatic rings. The number of β-amino-alcohol motifs (C(OH)–C–C–N with tert-alkyl or cyclic N) is 1. The molecular weight excluding hydrogens is 186 g/mol. The fraction of sp³-hybridized carbons (Fsp3) is 1.00. The van der Waals surface area contributed by atoms with Crippen LogP contribution >= 0.6 is 0 Å². The van der Waals surface area contributed by atoms with Crippen molar-refractivity contribution in [3.63, 3.8) is 0 Å². The highest BCUT2D eigenvalue weighted by Gasteiger charge is 2.38. The van der Waals surface area contributed by atoms with Crippen molar-refractivity contribution in [2.75, 3.05) is 26.3 Å². The van der Waals surface area contributed by atoms with Gasteiger partial charge in [0.05, 0.1) is 24.9 Å². The number of unbranched alkanes of at least 4 members (excludes halogenated alkanes) is 1. The lowest BCUT2D eigenvalue weighted by Gasteiger charge is -2.23. The van der Waals surface area contributed by atoms with Crippen molar-refractivity contribution >= 4 is 0 Å². The van der Waals surface area contributed by atoms with Crippen LogP contribution in [0.2, 0.25) is 0 Å². The molecule has 0 aromatic heterocycles. The summed E-state index contributed by atoms with van der Waals surface area (Å²) in [6.45, 7) is 1.11. The molecule has 5 nitrogen and oxygen atoms in total. The van der Waals surface area contributed by atoms with Crippen LogP contribution in [0.15, 0.2) is 0 Å². The molecule has 1 fully saturated rings. The third-order valence-corrected chi connectivity index (χ3v) is 2.72. The topological polar surface area (TPSA) is 84.2 Å². The highest BCUT2D eigenvalue weighted by Crippen LogP contribution is 2.18. The number of aliphatic hydroxyl groups excluding tert-OH is 4. The van der Waals surface area contributed by atoms with Crippen LogP contribution in [0.3, 0.4) is 0 Å². The van der Waals surface area contributed by atoms with Crippen LogP contribution in [0, 0.1) is 0 Å². The summed E-state index contributed by atoms with van der Waals surface area (Å²) in [4.78, 5) is 1.87. The van der Waals surface area contributed by atoms with Crippen molar-refractivity contribution in [1.29, 1.82) is 0 Å². The quantitative estimate of drug-likeness (QED) is 0.396. The molecule has 0 aliphatic carbocycles. The van der Waals surface area contributed by atoms with E-state index in [-0.39, 0.29) is 19.3 Å². The Kier molecular flexibility index (Phi) is 4.77. The maximum absolute atomic E-state index is 9.48. The zero-order chi connectivity index (χ0) is 10.6. The van der Waals surface area contributed by atoms with Crippen molar-refractivity contribution in [1.82, 2.24) is 4.90 Å². The Morgan fingerprint density at radius 3 is 2.43 bits per heavy atom. The second-order valence-corrected chi connectivity index (χ2v) is 3.73. The van der Waals surface area contributed by atoms with E-state index >= 15 is 0 Å². The molecule has 0 saturated carbocycles. The number of likely N-dealkylation sites (tertiary alicyclic amines) is 1. The minimum absolute atomic E-state index is 0.142. The van der Waals surface area contributed by atoms with Gasteiger partial charge >= 0.3 is 0 Å². The van der Waals surface area contributed by atoms with Crippen LogP contribution in [0.5, 0.6) is 0 Å². The van der Waals surface area contributed by atoms with E-state index in [1.165, 1.54) is 0 Å². The van der Waals surface area contributed by atoms with Crippen LogP contribution in [0.25, 0.3) is 0 Å². The third-order valence-electron chi connectivity index (χ3n) is 2.72. The molecule has 0 bridgehead atoms. The van der Waals surface area contributed by atoms with E-state index < -0.39 is 12.2 Å². The van der Waals surface area contributed by atoms with Gasteiger partial charge in [-0.2, -0.15) is 0 Å². The number of hydrogen-bond acceptors (Lipinski definition) is 5. The number of nitrogens with zero attached hydrogens (tertiary/aromatic N) is 1. The van der Waals surface area contributed by atoms with E-state index in [4.69, 9.17) is 10.2 Å². The smallest absolute Gasteiger partial charge is 0.0988 e. The van der Waals surface area contributed by atoms with E-state index in [2.05, 4.69) is 0 Å². The minimum atomic E-state index is -0.853. The van der Waals surface area contributed by atoms with Crippen LogP contribution in [-0.4, -0.2) is 69.9 Å². The van der Waals surface area contributed by atoms with Gasteiger partial charge in [0, 0.05) is 13.2 Å². The first-order chi connectivity index (χ1) is 6.70. The van der Waals surface area contributed by atoms with Crippen molar-refractivity contribution in [3.8, 4) is 0 Å². The molecule has 1 heterocycles. The van der Waals surface area contributed by atoms with Crippen LogP contribution in [0.4, 0.5) is 0 Å². The largest absolute Gasteiger partial charge is 0.396 e. The minimum Gasteiger partial charge on any atom is -0.396 e. The molecule has 0 amide bonds. The lowest BCUT2D eigenvalue weighted by molar-refractivity contribution is 0.0215. The summed E-state index contributed by atoms with van der Waals surface area (Å²) in [5.41, 5.74) is 0. The second kappa shape index (κ2) is 5.63. The Hall–Kier alpha value is -0.200. The summed E-state index contributed by atoms with van der Waals surface area (Å²) in [6, 6.07) is -0.358. The van der Waals surface area contributed by atoms with Gasteiger partial charge in [-0.25, -0.2) is 0 Å². The first-order valence-corrected chi connectivity index (χ1v) is 5.02. The molecule has 0 radical (unpaired) electrons. The summed E-state index contributed by atoms with van der Waals surface area (Å²) < 4.78 is 0. The van der Waals surface area contributed by atoms with Crippen molar-refractivity contribution in [2.24, 2.45) is 0 Å². The van der Waals surface area contributed by atoms with Gasteiger partial charge in [-0.3, -0.25) is 4.90 Å². The van der Waals surface area contributed by atoms with E-state index in [9.17, 15) is 10.2 Å². The number of rotatable bonds is 5. The van der Waals surface area contributed by atoms with Gasteiger partial charge in [-0.1, -0.05) is 0 Å². The van der Waals surface area contributed by atoms with Crippen LogP contribution < -0.4 is 0 Å². The molecule has 5 heteroatoms. The predicted molar refractivity (Wildman–Crippen MR) is 50.8 cm³/mol. The Bertz CT molecular complexity index is 167. The molecule has 0 aromatic carbocycles. The second-order valence-electron chi connectivity index (χ2n) is 3.73. The molecule has 84 valence electrons. The molecule has 1 rings (SSSR count). The van der Waals surface area contributed by atoms with E-state index in [1.54, 1.807) is 0 Å². The van der Waals surface area contributed by atoms with Gasteiger partial charge in [-0.05, 0) is 19.4 Å². The molecule has 14 heavy (non-hydrogen) atoms. The zero-order valence-electron chi connectivity index (χ0n) is 8.21. The molecule has 1 saturated heterocycles. The predicted octanol–water partition coefficient (Wildman–Crippen LogP) is -1.84. The Balaban J connectivity index is 2.36. The maximum Gasteiger partial charge on any atom is 0.0988 e. The monoisotopic (exact) mass is 205 g/mol. The van der Waals surface area contributed by atoms with Crippen LogP contribution in [0.1, 0.15) is 12.8 Å². The Labute approximate surface area is 83.6 Å². The average molecular weight is 205 g/mol. The van der Waals surface area contributed by atoms with E-state index in [0.29, 0.717) is 19.5 Å². The summed E-state index contributed by atoms with van der Waals surface area (Å²) >= 11 is 0. The van der Waals surface area contributed by atoms with E-state index in [1.807, 2.05) is 4.90 Å². The molecule has 0 spiro atoms. The molecule has 4 N–H and O–H groups in total. The molecular formula is C9H19NO4. The third kappa shape index (κ3) is 2.65. The molecule has 1 aliphatic heterocycles. The average Bonchev–Trinajstić information content (AvgIpc) is 2.43. The lowest BCUT2D eigenvalue weighted by atomic mass is 10.1. The Morgan fingerprint density at radius 1 is 1.14 bits per heavy atom. The summed E-state index contributed by atoms with van der Waals surface area (Å²) in [6.07, 6.45) is -0.0943. The number of aliphatic hydroxyl groups is 4. The molecule has 3 atom stereocenters. The zero-order valence-corrected chi connectivity index (χ0v) is 8.21. The van der Waals surface area contributed by atoms with Crippen molar-refractivity contribution in [2.45, 2.75) is 31.1 Å². The highest BCUT2D eigenvalue weighted by atomic mass is 16.3. The summed E-state index contributed by atoms with van der Waals surface area (Å²) in [5, 5.41) is 36.5. The van der Waals surface area contributed by atoms with Crippen LogP contribution in [-0.2, 0) is 0 Å². The van der Waals surface area contributed by atoms with Gasteiger partial charge < -0.3 is 20.4 Å². The van der Waals surface area contributed by atoms with Gasteiger partial charge in [-0.15, -0.1) is 0 Å². The maximum atomic E-state index is 9.48. The standard InChI is InChI=1S/C9H19NO4/c11-4-2-1-3-10-5-8(13)9(14)7(10)6-12/h7-9,11-14H,1-6H2/t7-,8-,9-/m0/s1. The highest BCUT2D eigenvalue weighted by molar-refractivity contribution is 4.92. The SMILES string of the molecule is OCCCCN1C[C@H](O)[C@@H](O)[C@@H]1CO. The van der Waals surface area contributed by atoms with Crippen molar-refractivity contribution < 1.29 is 20.4 Å². The van der Waals surface area contributed by atoms with E-state index in [0.717, 1.165) is 6.42 Å². The first kappa shape index (κ1) is 11.9. The van der Waals surface area contributed by atoms with Gasteiger partial charge in [0.15, 0.2) is 0 Å². The summed E-state index contributed by atoms with van der Waals surface area (Å²) in [7, 11) is 0. The summed E-state index contributed by atoms with van der Waals surface area (Å²) in [5.74, 6) is 0.